The standard InChI is InChI=1S/C15H10ClN3OS3/c1-8-6-21-15(18-8)22-7-12(20)10(5-17)14-19-11-4-9(16)2-3-13(11)23-14/h2-4,6,20H,7H2,1H3. The van der Waals surface area contributed by atoms with Crippen molar-refractivity contribution < 1.29 is 5.11 Å². The Balaban J connectivity index is 1.88. The first-order valence-corrected chi connectivity index (χ1v) is 9.56. The van der Waals surface area contributed by atoms with E-state index in [1.807, 2.05) is 24.4 Å². The summed E-state index contributed by atoms with van der Waals surface area (Å²) in [7, 11) is 0. The number of thioether (sulfide) groups is 1. The summed E-state index contributed by atoms with van der Waals surface area (Å²) in [5.74, 6) is 0.294. The normalized spacial score (nSPS) is 12.2. The highest BCUT2D eigenvalue weighted by Crippen LogP contribution is 2.31. The molecule has 0 atom stereocenters. The molecule has 116 valence electrons. The van der Waals surface area contributed by atoms with Crippen LogP contribution in [-0.2, 0) is 0 Å². The molecule has 2 aromatic heterocycles. The maximum Gasteiger partial charge on any atom is 0.150 e. The van der Waals surface area contributed by atoms with Gasteiger partial charge in [0.25, 0.3) is 0 Å². The number of thiazole rings is 2. The number of nitrogens with zero attached hydrogens (tertiary/aromatic N) is 3. The van der Waals surface area contributed by atoms with E-state index >= 15 is 0 Å². The molecule has 3 aromatic rings. The Hall–Kier alpha value is -1.59. The van der Waals surface area contributed by atoms with Gasteiger partial charge in [0.15, 0.2) is 4.34 Å². The molecule has 0 aliphatic heterocycles. The zero-order valence-corrected chi connectivity index (χ0v) is 15.1. The summed E-state index contributed by atoms with van der Waals surface area (Å²) < 4.78 is 1.79. The smallest absolute Gasteiger partial charge is 0.150 e. The van der Waals surface area contributed by atoms with Crippen molar-refractivity contribution in [1.82, 2.24) is 9.97 Å². The summed E-state index contributed by atoms with van der Waals surface area (Å²) in [6, 6.07) is 7.43. The van der Waals surface area contributed by atoms with Crippen LogP contribution in [0.1, 0.15) is 10.7 Å². The Morgan fingerprint density at radius 3 is 2.96 bits per heavy atom. The number of rotatable bonds is 4. The van der Waals surface area contributed by atoms with E-state index in [9.17, 15) is 10.4 Å². The van der Waals surface area contributed by atoms with Crippen LogP contribution in [0.25, 0.3) is 15.8 Å². The van der Waals surface area contributed by atoms with Gasteiger partial charge in [-0.2, -0.15) is 5.26 Å². The third kappa shape index (κ3) is 3.67. The van der Waals surface area contributed by atoms with Crippen molar-refractivity contribution in [2.45, 2.75) is 11.3 Å². The van der Waals surface area contributed by atoms with Gasteiger partial charge in [-0.05, 0) is 25.1 Å². The Kier molecular flexibility index (Phi) is 4.87. The molecule has 8 heteroatoms. The van der Waals surface area contributed by atoms with Gasteiger partial charge in [0.2, 0.25) is 0 Å². The molecule has 0 unspecified atom stereocenters. The molecule has 0 aliphatic carbocycles. The molecule has 23 heavy (non-hydrogen) atoms. The molecule has 4 nitrogen and oxygen atoms in total. The summed E-state index contributed by atoms with van der Waals surface area (Å²) in [5, 5.41) is 22.7. The first-order valence-electron chi connectivity index (χ1n) is 6.50. The van der Waals surface area contributed by atoms with Crippen molar-refractivity contribution in [2.24, 2.45) is 0 Å². The second kappa shape index (κ2) is 6.89. The quantitative estimate of drug-likeness (QED) is 0.378. The highest BCUT2D eigenvalue weighted by molar-refractivity contribution is 8.01. The van der Waals surface area contributed by atoms with Crippen molar-refractivity contribution in [1.29, 1.82) is 5.26 Å². The summed E-state index contributed by atoms with van der Waals surface area (Å²) >= 11 is 10.2. The van der Waals surface area contributed by atoms with Gasteiger partial charge in [-0.15, -0.1) is 22.7 Å². The number of hydrogen-bond donors (Lipinski definition) is 1. The summed E-state index contributed by atoms with van der Waals surface area (Å²) in [6.07, 6.45) is 0. The van der Waals surface area contributed by atoms with E-state index in [0.717, 1.165) is 20.3 Å². The zero-order chi connectivity index (χ0) is 16.4. The second-order valence-corrected chi connectivity index (χ2v) is 8.16. The van der Waals surface area contributed by atoms with Crippen molar-refractivity contribution in [3.05, 3.63) is 45.1 Å². The largest absolute Gasteiger partial charge is 0.510 e. The predicted octanol–water partition coefficient (Wildman–Crippen LogP) is 5.30. The van der Waals surface area contributed by atoms with Gasteiger partial charge in [-0.1, -0.05) is 23.4 Å². The average molecular weight is 380 g/mol. The van der Waals surface area contributed by atoms with E-state index in [0.29, 0.717) is 10.0 Å². The lowest BCUT2D eigenvalue weighted by Crippen LogP contribution is -1.92. The van der Waals surface area contributed by atoms with E-state index in [1.54, 1.807) is 12.1 Å². The van der Waals surface area contributed by atoms with Gasteiger partial charge in [0.1, 0.15) is 22.4 Å². The molecule has 2 heterocycles. The minimum absolute atomic E-state index is 0.00973. The summed E-state index contributed by atoms with van der Waals surface area (Å²) in [5.41, 5.74) is 1.87. The third-order valence-corrected chi connectivity index (χ3v) is 6.33. The van der Waals surface area contributed by atoms with Crippen molar-refractivity contribution >= 4 is 61.8 Å². The van der Waals surface area contributed by atoms with Gasteiger partial charge in [0.05, 0.1) is 16.0 Å². The van der Waals surface area contributed by atoms with Crippen LogP contribution in [0.2, 0.25) is 5.02 Å². The summed E-state index contributed by atoms with van der Waals surface area (Å²) in [6.45, 7) is 1.92. The number of aromatic nitrogens is 2. The van der Waals surface area contributed by atoms with Crippen LogP contribution in [0, 0.1) is 18.3 Å². The van der Waals surface area contributed by atoms with Crippen LogP contribution < -0.4 is 0 Å². The van der Waals surface area contributed by atoms with Crippen LogP contribution in [0.4, 0.5) is 0 Å². The Morgan fingerprint density at radius 2 is 2.26 bits per heavy atom. The molecule has 0 bridgehead atoms. The molecule has 0 spiro atoms. The summed E-state index contributed by atoms with van der Waals surface area (Å²) in [4.78, 5) is 8.72. The van der Waals surface area contributed by atoms with Gasteiger partial charge < -0.3 is 5.11 Å². The number of aliphatic hydroxyl groups excluding tert-OH is 1. The Morgan fingerprint density at radius 1 is 1.43 bits per heavy atom. The maximum atomic E-state index is 10.3. The maximum absolute atomic E-state index is 10.3. The fraction of sp³-hybridized carbons (Fsp3) is 0.133. The number of aryl methyl sites for hydroxylation is 1. The van der Waals surface area contributed by atoms with Gasteiger partial charge in [-0.3, -0.25) is 0 Å². The molecular weight excluding hydrogens is 370 g/mol. The fourth-order valence-electron chi connectivity index (χ4n) is 1.84. The van der Waals surface area contributed by atoms with Crippen molar-refractivity contribution in [3.8, 4) is 6.07 Å². The lowest BCUT2D eigenvalue weighted by Gasteiger charge is -2.00. The number of hydrogen-bond acceptors (Lipinski definition) is 7. The van der Waals surface area contributed by atoms with E-state index in [2.05, 4.69) is 9.97 Å². The third-order valence-electron chi connectivity index (χ3n) is 2.89. The van der Waals surface area contributed by atoms with Crippen molar-refractivity contribution in [2.75, 3.05) is 5.75 Å². The molecule has 3 rings (SSSR count). The van der Waals surface area contributed by atoms with Crippen LogP contribution >= 0.6 is 46.0 Å². The van der Waals surface area contributed by atoms with Gasteiger partial charge in [-0.25, -0.2) is 9.97 Å². The van der Waals surface area contributed by atoms with Crippen LogP contribution in [0.15, 0.2) is 33.7 Å². The van der Waals surface area contributed by atoms with Crippen LogP contribution in [0.3, 0.4) is 0 Å². The SMILES string of the molecule is Cc1csc(SCC(O)=C(C#N)c2nc3cc(Cl)ccc3s2)n1. The number of benzene rings is 1. The minimum Gasteiger partial charge on any atom is -0.510 e. The molecule has 0 amide bonds. The van der Waals surface area contributed by atoms with Gasteiger partial charge >= 0.3 is 0 Å². The highest BCUT2D eigenvalue weighted by atomic mass is 35.5. The van der Waals surface area contributed by atoms with E-state index < -0.39 is 0 Å². The topological polar surface area (TPSA) is 69.8 Å². The first-order chi connectivity index (χ1) is 11.1. The molecule has 0 saturated heterocycles. The lowest BCUT2D eigenvalue weighted by molar-refractivity contribution is 0.421. The molecule has 1 aromatic carbocycles. The van der Waals surface area contributed by atoms with E-state index in [1.165, 1.54) is 34.4 Å². The molecule has 0 saturated carbocycles. The number of allylic oxidation sites excluding steroid dienone is 1. The molecule has 0 radical (unpaired) electrons. The number of fused-ring (bicyclic) bond motifs is 1. The molecule has 0 aliphatic rings. The molecule has 1 N–H and O–H groups in total. The average Bonchev–Trinajstić information content (AvgIpc) is 3.11. The Labute approximate surface area is 150 Å². The number of aliphatic hydroxyl groups is 1. The second-order valence-electron chi connectivity index (χ2n) is 4.61. The van der Waals surface area contributed by atoms with Crippen LogP contribution in [-0.4, -0.2) is 20.8 Å². The highest BCUT2D eigenvalue weighted by Gasteiger charge is 2.15. The Bertz CT molecular complexity index is 939. The molecular formula is C15H10ClN3OS3. The fourth-order valence-corrected chi connectivity index (χ4v) is 4.70. The van der Waals surface area contributed by atoms with Crippen LogP contribution in [0.5, 0.6) is 0 Å². The monoisotopic (exact) mass is 379 g/mol. The molecule has 0 fully saturated rings. The zero-order valence-electron chi connectivity index (χ0n) is 11.9. The van der Waals surface area contributed by atoms with Crippen molar-refractivity contribution in [3.63, 3.8) is 0 Å². The lowest BCUT2D eigenvalue weighted by atomic mass is 10.2. The first kappa shape index (κ1) is 16.3. The van der Waals surface area contributed by atoms with E-state index in [4.69, 9.17) is 11.6 Å². The predicted molar refractivity (Wildman–Crippen MR) is 97.4 cm³/mol. The number of nitriles is 1. The number of halogens is 1. The minimum atomic E-state index is 0.00973. The van der Waals surface area contributed by atoms with Gasteiger partial charge in [0, 0.05) is 16.1 Å². The van der Waals surface area contributed by atoms with E-state index in [-0.39, 0.29) is 17.1 Å².